The van der Waals surface area contributed by atoms with Gasteiger partial charge in [-0.1, -0.05) is 35.9 Å². The zero-order valence-electron chi connectivity index (χ0n) is 13.9. The molecule has 0 spiro atoms. The highest BCUT2D eigenvalue weighted by molar-refractivity contribution is 6.30. The van der Waals surface area contributed by atoms with E-state index in [9.17, 15) is 0 Å². The number of aliphatic hydroxyl groups is 1. The predicted molar refractivity (Wildman–Crippen MR) is 96.8 cm³/mol. The molecule has 0 unspecified atom stereocenters. The van der Waals surface area contributed by atoms with E-state index in [1.54, 1.807) is 0 Å². The minimum atomic E-state index is 0.186. The Bertz CT molecular complexity index is 617. The number of benzene rings is 2. The average Bonchev–Trinajstić information content (AvgIpc) is 2.60. The lowest BCUT2D eigenvalue weighted by atomic mass is 10.1. The van der Waals surface area contributed by atoms with Crippen molar-refractivity contribution < 1.29 is 14.6 Å². The van der Waals surface area contributed by atoms with Gasteiger partial charge in [0.15, 0.2) is 11.5 Å². The second-order valence-electron chi connectivity index (χ2n) is 5.35. The van der Waals surface area contributed by atoms with Crippen molar-refractivity contribution in [2.24, 2.45) is 0 Å². The van der Waals surface area contributed by atoms with E-state index in [4.69, 9.17) is 26.2 Å². The van der Waals surface area contributed by atoms with E-state index in [2.05, 4.69) is 5.32 Å². The molecule has 0 bridgehead atoms. The average molecular weight is 350 g/mol. The monoisotopic (exact) mass is 349 g/mol. The van der Waals surface area contributed by atoms with Crippen LogP contribution in [0.2, 0.25) is 5.02 Å². The third-order valence-electron chi connectivity index (χ3n) is 3.48. The van der Waals surface area contributed by atoms with Crippen LogP contribution in [0.3, 0.4) is 0 Å². The van der Waals surface area contributed by atoms with Crippen molar-refractivity contribution in [3.05, 3.63) is 58.6 Å². The maximum atomic E-state index is 8.87. The lowest BCUT2D eigenvalue weighted by Crippen LogP contribution is -2.16. The standard InChI is InChI=1S/C19H24ClNO3/c1-2-23-18-6-3-5-16(13-21-11-4-12-22)19(18)24-14-15-7-9-17(20)10-8-15/h3,5-10,21-22H,2,4,11-14H2,1H3. The van der Waals surface area contributed by atoms with E-state index >= 15 is 0 Å². The topological polar surface area (TPSA) is 50.7 Å². The second-order valence-corrected chi connectivity index (χ2v) is 5.78. The van der Waals surface area contributed by atoms with Gasteiger partial charge >= 0.3 is 0 Å². The van der Waals surface area contributed by atoms with Crippen molar-refractivity contribution in [3.63, 3.8) is 0 Å². The fourth-order valence-corrected chi connectivity index (χ4v) is 2.42. The van der Waals surface area contributed by atoms with Crippen LogP contribution in [0.4, 0.5) is 0 Å². The third kappa shape index (κ3) is 5.71. The normalized spacial score (nSPS) is 10.6. The lowest BCUT2D eigenvalue weighted by molar-refractivity contribution is 0.265. The second kappa shape index (κ2) is 10.2. The third-order valence-corrected chi connectivity index (χ3v) is 3.74. The van der Waals surface area contributed by atoms with Gasteiger partial charge in [0, 0.05) is 23.7 Å². The van der Waals surface area contributed by atoms with Crippen LogP contribution in [0.1, 0.15) is 24.5 Å². The summed E-state index contributed by atoms with van der Waals surface area (Å²) in [5, 5.41) is 12.9. The molecular weight excluding hydrogens is 326 g/mol. The summed E-state index contributed by atoms with van der Waals surface area (Å²) in [6.45, 7) is 4.59. The van der Waals surface area contributed by atoms with Gasteiger partial charge in [0.1, 0.15) is 6.61 Å². The van der Waals surface area contributed by atoms with Crippen LogP contribution in [-0.2, 0) is 13.2 Å². The molecule has 0 aliphatic carbocycles. The number of aliphatic hydroxyl groups excluding tert-OH is 1. The minimum Gasteiger partial charge on any atom is -0.490 e. The molecule has 0 heterocycles. The first-order valence-electron chi connectivity index (χ1n) is 8.18. The molecule has 2 rings (SSSR count). The summed E-state index contributed by atoms with van der Waals surface area (Å²) in [5.74, 6) is 1.50. The van der Waals surface area contributed by atoms with Crippen molar-refractivity contribution in [2.75, 3.05) is 19.8 Å². The van der Waals surface area contributed by atoms with Crippen LogP contribution in [-0.4, -0.2) is 24.9 Å². The first-order valence-corrected chi connectivity index (χ1v) is 8.56. The van der Waals surface area contributed by atoms with Crippen molar-refractivity contribution >= 4 is 11.6 Å². The molecule has 0 aliphatic rings. The van der Waals surface area contributed by atoms with Gasteiger partial charge in [0.25, 0.3) is 0 Å². The van der Waals surface area contributed by atoms with Crippen LogP contribution >= 0.6 is 11.6 Å². The maximum Gasteiger partial charge on any atom is 0.166 e. The predicted octanol–water partition coefficient (Wildman–Crippen LogP) is 3.79. The number of hydrogen-bond acceptors (Lipinski definition) is 4. The highest BCUT2D eigenvalue weighted by Crippen LogP contribution is 2.32. The molecule has 0 fully saturated rings. The maximum absolute atomic E-state index is 8.87. The van der Waals surface area contributed by atoms with Crippen LogP contribution in [0.25, 0.3) is 0 Å². The SMILES string of the molecule is CCOc1cccc(CNCCCO)c1OCc1ccc(Cl)cc1. The quantitative estimate of drug-likeness (QED) is 0.641. The highest BCUT2D eigenvalue weighted by atomic mass is 35.5. The Hall–Kier alpha value is -1.75. The first-order chi connectivity index (χ1) is 11.7. The molecule has 0 saturated heterocycles. The Balaban J connectivity index is 2.09. The summed E-state index contributed by atoms with van der Waals surface area (Å²) in [4.78, 5) is 0. The van der Waals surface area contributed by atoms with Gasteiger partial charge in [-0.15, -0.1) is 0 Å². The van der Waals surface area contributed by atoms with Gasteiger partial charge in [0.05, 0.1) is 6.61 Å². The van der Waals surface area contributed by atoms with Gasteiger partial charge in [-0.3, -0.25) is 0 Å². The molecule has 0 radical (unpaired) electrons. The molecule has 130 valence electrons. The summed E-state index contributed by atoms with van der Waals surface area (Å²) in [5.41, 5.74) is 2.08. The van der Waals surface area contributed by atoms with Crippen molar-refractivity contribution in [1.29, 1.82) is 0 Å². The zero-order valence-corrected chi connectivity index (χ0v) is 14.7. The number of ether oxygens (including phenoxy) is 2. The van der Waals surface area contributed by atoms with Gasteiger partial charge < -0.3 is 19.9 Å². The number of hydrogen-bond donors (Lipinski definition) is 2. The van der Waals surface area contributed by atoms with Crippen molar-refractivity contribution in [3.8, 4) is 11.5 Å². The van der Waals surface area contributed by atoms with Crippen LogP contribution in [0.15, 0.2) is 42.5 Å². The molecule has 2 N–H and O–H groups in total. The fourth-order valence-electron chi connectivity index (χ4n) is 2.30. The van der Waals surface area contributed by atoms with E-state index in [-0.39, 0.29) is 6.61 Å². The van der Waals surface area contributed by atoms with E-state index in [0.29, 0.717) is 24.8 Å². The molecule has 2 aromatic rings. The van der Waals surface area contributed by atoms with E-state index < -0.39 is 0 Å². The number of halogens is 1. The summed E-state index contributed by atoms with van der Waals surface area (Å²) < 4.78 is 11.7. The van der Waals surface area contributed by atoms with E-state index in [1.807, 2.05) is 49.4 Å². The summed E-state index contributed by atoms with van der Waals surface area (Å²) in [7, 11) is 0. The summed E-state index contributed by atoms with van der Waals surface area (Å²) >= 11 is 5.92. The molecule has 0 amide bonds. The highest BCUT2D eigenvalue weighted by Gasteiger charge is 2.11. The molecule has 5 heteroatoms. The van der Waals surface area contributed by atoms with Crippen LogP contribution in [0.5, 0.6) is 11.5 Å². The Kier molecular flexibility index (Phi) is 7.89. The Morgan fingerprint density at radius 3 is 2.58 bits per heavy atom. The smallest absolute Gasteiger partial charge is 0.166 e. The van der Waals surface area contributed by atoms with Crippen molar-refractivity contribution in [1.82, 2.24) is 5.32 Å². The zero-order chi connectivity index (χ0) is 17.2. The molecule has 0 atom stereocenters. The van der Waals surface area contributed by atoms with E-state index in [1.165, 1.54) is 0 Å². The minimum absolute atomic E-state index is 0.186. The van der Waals surface area contributed by atoms with Crippen LogP contribution < -0.4 is 14.8 Å². The fraction of sp³-hybridized carbons (Fsp3) is 0.368. The number of nitrogens with one attached hydrogen (secondary N) is 1. The van der Waals surface area contributed by atoms with Crippen LogP contribution in [0, 0.1) is 0 Å². The summed E-state index contributed by atoms with van der Waals surface area (Å²) in [6.07, 6.45) is 0.728. The number of rotatable bonds is 10. The Labute approximate surface area is 148 Å². The molecule has 0 aromatic heterocycles. The van der Waals surface area contributed by atoms with Gasteiger partial charge in [-0.2, -0.15) is 0 Å². The summed E-state index contributed by atoms with van der Waals surface area (Å²) in [6, 6.07) is 13.5. The number of para-hydroxylation sites is 1. The molecule has 4 nitrogen and oxygen atoms in total. The van der Waals surface area contributed by atoms with E-state index in [0.717, 1.165) is 35.6 Å². The lowest BCUT2D eigenvalue weighted by Gasteiger charge is -2.16. The molecule has 0 aliphatic heterocycles. The molecule has 24 heavy (non-hydrogen) atoms. The van der Waals surface area contributed by atoms with Gasteiger partial charge in [0.2, 0.25) is 0 Å². The largest absolute Gasteiger partial charge is 0.490 e. The molecule has 2 aromatic carbocycles. The Morgan fingerprint density at radius 1 is 1.08 bits per heavy atom. The van der Waals surface area contributed by atoms with Crippen molar-refractivity contribution in [2.45, 2.75) is 26.5 Å². The van der Waals surface area contributed by atoms with Gasteiger partial charge in [-0.25, -0.2) is 0 Å². The first kappa shape index (κ1) is 18.6. The molecular formula is C19H24ClNO3. The van der Waals surface area contributed by atoms with Gasteiger partial charge in [-0.05, 0) is 43.7 Å². The molecule has 0 saturated carbocycles. The Morgan fingerprint density at radius 2 is 1.88 bits per heavy atom.